The second-order valence-electron chi connectivity index (χ2n) is 3.74. The van der Waals surface area contributed by atoms with Crippen LogP contribution in [-0.2, 0) is 4.74 Å². The molecule has 1 aliphatic carbocycles. The Morgan fingerprint density at radius 3 is 2.55 bits per heavy atom. The first-order valence-electron chi connectivity index (χ1n) is 4.77. The molecule has 0 radical (unpaired) electrons. The first-order valence-corrected chi connectivity index (χ1v) is 4.77. The van der Waals surface area contributed by atoms with Gasteiger partial charge in [0.25, 0.3) is 0 Å². The highest BCUT2D eigenvalue weighted by molar-refractivity contribution is 4.75. The number of hydrogen-bond donors (Lipinski definition) is 1. The summed E-state index contributed by atoms with van der Waals surface area (Å²) >= 11 is 0. The van der Waals surface area contributed by atoms with Crippen LogP contribution in [0.1, 0.15) is 25.7 Å². The Kier molecular flexibility index (Phi) is 2.44. The number of ether oxygens (including phenoxy) is 1. The van der Waals surface area contributed by atoms with Crippen molar-refractivity contribution in [1.82, 2.24) is 5.32 Å². The lowest BCUT2D eigenvalue weighted by Crippen LogP contribution is -2.42. The molecule has 64 valence electrons. The summed E-state index contributed by atoms with van der Waals surface area (Å²) in [4.78, 5) is 0. The molecule has 2 fully saturated rings. The van der Waals surface area contributed by atoms with E-state index >= 15 is 0 Å². The Morgan fingerprint density at radius 2 is 2.09 bits per heavy atom. The highest BCUT2D eigenvalue weighted by atomic mass is 16.5. The highest BCUT2D eigenvalue weighted by Crippen LogP contribution is 2.22. The molecular formula is C9H17NO. The summed E-state index contributed by atoms with van der Waals surface area (Å²) in [7, 11) is 0. The third kappa shape index (κ3) is 1.94. The van der Waals surface area contributed by atoms with Crippen LogP contribution < -0.4 is 5.32 Å². The van der Waals surface area contributed by atoms with E-state index in [1.165, 1.54) is 38.8 Å². The van der Waals surface area contributed by atoms with Crippen molar-refractivity contribution in [3.05, 3.63) is 0 Å². The van der Waals surface area contributed by atoms with Gasteiger partial charge >= 0.3 is 0 Å². The van der Waals surface area contributed by atoms with Crippen molar-refractivity contribution in [3.63, 3.8) is 0 Å². The van der Waals surface area contributed by atoms with E-state index in [-0.39, 0.29) is 0 Å². The third-order valence-corrected chi connectivity index (χ3v) is 2.80. The molecule has 1 saturated carbocycles. The predicted molar refractivity (Wildman–Crippen MR) is 44.6 cm³/mol. The second kappa shape index (κ2) is 3.55. The molecule has 1 aliphatic heterocycles. The van der Waals surface area contributed by atoms with Crippen molar-refractivity contribution in [1.29, 1.82) is 0 Å². The van der Waals surface area contributed by atoms with Gasteiger partial charge in [-0.1, -0.05) is 0 Å². The second-order valence-corrected chi connectivity index (χ2v) is 3.74. The van der Waals surface area contributed by atoms with Crippen LogP contribution in [-0.4, -0.2) is 25.8 Å². The maximum Gasteiger partial charge on any atom is 0.0575 e. The summed E-state index contributed by atoms with van der Waals surface area (Å²) in [5.41, 5.74) is 0. The van der Waals surface area contributed by atoms with Crippen LogP contribution in [0.4, 0.5) is 0 Å². The molecule has 1 N–H and O–H groups in total. The minimum absolute atomic E-state index is 0.628. The van der Waals surface area contributed by atoms with Crippen molar-refractivity contribution >= 4 is 0 Å². The average molecular weight is 155 g/mol. The molecule has 2 heteroatoms. The standard InChI is InChI=1S/C9H17NO/c1-2-9(3-1)11-5-4-8-6-10-7-8/h8-10H,1-7H2. The van der Waals surface area contributed by atoms with E-state index in [0.29, 0.717) is 6.10 Å². The van der Waals surface area contributed by atoms with Crippen molar-refractivity contribution < 1.29 is 4.74 Å². The summed E-state index contributed by atoms with van der Waals surface area (Å²) in [5.74, 6) is 0.912. The minimum atomic E-state index is 0.628. The van der Waals surface area contributed by atoms with Crippen LogP contribution in [0.3, 0.4) is 0 Å². The normalized spacial score (nSPS) is 26.2. The molecule has 2 aliphatic rings. The molecule has 0 aromatic carbocycles. The van der Waals surface area contributed by atoms with Crippen molar-refractivity contribution in [2.24, 2.45) is 5.92 Å². The third-order valence-electron chi connectivity index (χ3n) is 2.80. The molecule has 0 bridgehead atoms. The molecule has 2 nitrogen and oxygen atoms in total. The molecule has 0 unspecified atom stereocenters. The lowest BCUT2D eigenvalue weighted by atomic mass is 9.96. The largest absolute Gasteiger partial charge is 0.378 e. The van der Waals surface area contributed by atoms with E-state index in [4.69, 9.17) is 4.74 Å². The van der Waals surface area contributed by atoms with Gasteiger partial charge in [0.1, 0.15) is 0 Å². The zero-order valence-electron chi connectivity index (χ0n) is 7.01. The minimum Gasteiger partial charge on any atom is -0.378 e. The fraction of sp³-hybridized carbons (Fsp3) is 1.00. The molecule has 1 heterocycles. The average Bonchev–Trinajstić information content (AvgIpc) is 1.79. The molecule has 0 spiro atoms. The van der Waals surface area contributed by atoms with E-state index in [9.17, 15) is 0 Å². The number of nitrogens with one attached hydrogen (secondary N) is 1. The van der Waals surface area contributed by atoms with Gasteiger partial charge < -0.3 is 10.1 Å². The van der Waals surface area contributed by atoms with Gasteiger partial charge in [0.15, 0.2) is 0 Å². The first kappa shape index (κ1) is 7.56. The zero-order chi connectivity index (χ0) is 7.52. The maximum atomic E-state index is 5.66. The van der Waals surface area contributed by atoms with Gasteiger partial charge in [0.05, 0.1) is 6.10 Å². The summed E-state index contributed by atoms with van der Waals surface area (Å²) < 4.78 is 5.66. The van der Waals surface area contributed by atoms with Gasteiger partial charge in [-0.25, -0.2) is 0 Å². The molecule has 1 saturated heterocycles. The van der Waals surface area contributed by atoms with Gasteiger partial charge in [-0.15, -0.1) is 0 Å². The lowest BCUT2D eigenvalue weighted by molar-refractivity contribution is -0.00604. The highest BCUT2D eigenvalue weighted by Gasteiger charge is 2.20. The predicted octanol–water partition coefficient (Wildman–Crippen LogP) is 1.17. The topological polar surface area (TPSA) is 21.3 Å². The summed E-state index contributed by atoms with van der Waals surface area (Å²) in [6.07, 6.45) is 5.90. The van der Waals surface area contributed by atoms with Crippen molar-refractivity contribution in [2.45, 2.75) is 31.8 Å². The summed E-state index contributed by atoms with van der Waals surface area (Å²) in [6.45, 7) is 3.43. The van der Waals surface area contributed by atoms with Crippen molar-refractivity contribution in [2.75, 3.05) is 19.7 Å². The number of hydrogen-bond acceptors (Lipinski definition) is 2. The van der Waals surface area contributed by atoms with Gasteiger partial charge in [-0.3, -0.25) is 0 Å². The Hall–Kier alpha value is -0.0800. The van der Waals surface area contributed by atoms with E-state index in [2.05, 4.69) is 5.32 Å². The van der Waals surface area contributed by atoms with Crippen molar-refractivity contribution in [3.8, 4) is 0 Å². The summed E-state index contributed by atoms with van der Waals surface area (Å²) in [6, 6.07) is 0. The van der Waals surface area contributed by atoms with Crippen LogP contribution in [0.15, 0.2) is 0 Å². The van der Waals surface area contributed by atoms with E-state index in [0.717, 1.165) is 12.5 Å². The van der Waals surface area contributed by atoms with Crippen LogP contribution in [0.25, 0.3) is 0 Å². The Bertz CT molecular complexity index is 105. The molecule has 0 amide bonds. The Balaban J connectivity index is 1.46. The fourth-order valence-corrected chi connectivity index (χ4v) is 1.49. The smallest absolute Gasteiger partial charge is 0.0575 e. The van der Waals surface area contributed by atoms with Gasteiger partial charge in [-0.05, 0) is 44.7 Å². The Labute approximate surface area is 68.3 Å². The monoisotopic (exact) mass is 155 g/mol. The van der Waals surface area contributed by atoms with E-state index in [1.54, 1.807) is 0 Å². The van der Waals surface area contributed by atoms with Crippen LogP contribution in [0, 0.1) is 5.92 Å². The van der Waals surface area contributed by atoms with Gasteiger partial charge in [0.2, 0.25) is 0 Å². The van der Waals surface area contributed by atoms with E-state index < -0.39 is 0 Å². The van der Waals surface area contributed by atoms with Crippen LogP contribution in [0.2, 0.25) is 0 Å². The SMILES string of the molecule is C1CC(OCCC2CNC2)C1. The zero-order valence-corrected chi connectivity index (χ0v) is 7.01. The van der Waals surface area contributed by atoms with Gasteiger partial charge in [0, 0.05) is 6.61 Å². The molecule has 0 aromatic heterocycles. The van der Waals surface area contributed by atoms with E-state index in [1.807, 2.05) is 0 Å². The van der Waals surface area contributed by atoms with Gasteiger partial charge in [-0.2, -0.15) is 0 Å². The molecular weight excluding hydrogens is 138 g/mol. The van der Waals surface area contributed by atoms with Crippen LogP contribution in [0.5, 0.6) is 0 Å². The first-order chi connectivity index (χ1) is 5.45. The molecule has 0 atom stereocenters. The summed E-state index contributed by atoms with van der Waals surface area (Å²) in [5, 5.41) is 3.27. The Morgan fingerprint density at radius 1 is 1.27 bits per heavy atom. The molecule has 11 heavy (non-hydrogen) atoms. The molecule has 2 rings (SSSR count). The molecule has 0 aromatic rings. The number of rotatable bonds is 4. The maximum absolute atomic E-state index is 5.66. The lowest BCUT2D eigenvalue weighted by Gasteiger charge is -2.30. The quantitative estimate of drug-likeness (QED) is 0.658. The van der Waals surface area contributed by atoms with Crippen LogP contribution >= 0.6 is 0 Å². The fourth-order valence-electron chi connectivity index (χ4n) is 1.49.